The Morgan fingerprint density at radius 1 is 1.13 bits per heavy atom. The van der Waals surface area contributed by atoms with Gasteiger partial charge < -0.3 is 14.4 Å². The van der Waals surface area contributed by atoms with Crippen LogP contribution in [-0.4, -0.2) is 43.1 Å². The van der Waals surface area contributed by atoms with Gasteiger partial charge in [-0.3, -0.25) is 9.78 Å². The Hall–Kier alpha value is -3.08. The number of ether oxygens (including phenoxy) is 2. The second-order valence-corrected chi connectivity index (χ2v) is 7.93. The Bertz CT molecular complexity index is 1050. The molecule has 1 atom stereocenters. The predicted molar refractivity (Wildman–Crippen MR) is 118 cm³/mol. The van der Waals surface area contributed by atoms with Crippen LogP contribution in [-0.2, 0) is 11.2 Å². The average molecular weight is 405 g/mol. The fraction of sp³-hybridized carbons (Fsp3) is 0.360. The lowest BCUT2D eigenvalue weighted by atomic mass is 9.92. The number of carbonyl (C=O) groups is 1. The van der Waals surface area contributed by atoms with Crippen LogP contribution in [0.15, 0.2) is 48.7 Å². The molecule has 4 rings (SSSR count). The second-order valence-electron chi connectivity index (χ2n) is 7.93. The molecule has 1 aromatic heterocycles. The molecule has 156 valence electrons. The third kappa shape index (κ3) is 4.11. The van der Waals surface area contributed by atoms with Gasteiger partial charge in [-0.05, 0) is 66.6 Å². The number of nitrogens with zero attached hydrogens (tertiary/aromatic N) is 2. The number of rotatable bonds is 5. The summed E-state index contributed by atoms with van der Waals surface area (Å²) in [5, 5.41) is 2.28. The fourth-order valence-corrected chi connectivity index (χ4v) is 4.28. The summed E-state index contributed by atoms with van der Waals surface area (Å²) in [5.74, 6) is 2.12. The van der Waals surface area contributed by atoms with Gasteiger partial charge in [0.25, 0.3) is 0 Å². The van der Waals surface area contributed by atoms with Crippen LogP contribution in [0.4, 0.5) is 0 Å². The molecule has 2 heterocycles. The van der Waals surface area contributed by atoms with Gasteiger partial charge in [0.2, 0.25) is 5.91 Å². The molecular formula is C25H28N2O3. The number of aryl methyl sites for hydroxylation is 1. The van der Waals surface area contributed by atoms with Crippen molar-refractivity contribution in [3.05, 3.63) is 65.5 Å². The lowest BCUT2D eigenvalue weighted by molar-refractivity contribution is -0.131. The number of methoxy groups -OCH3 is 2. The van der Waals surface area contributed by atoms with Gasteiger partial charge in [-0.2, -0.15) is 0 Å². The average Bonchev–Trinajstić information content (AvgIpc) is 2.80. The van der Waals surface area contributed by atoms with Crippen LogP contribution in [0, 0.1) is 6.92 Å². The lowest BCUT2D eigenvalue weighted by Crippen LogP contribution is -2.40. The number of benzene rings is 2. The molecule has 0 N–H and O–H groups in total. The topological polar surface area (TPSA) is 51.7 Å². The van der Waals surface area contributed by atoms with Crippen molar-refractivity contribution >= 4 is 16.7 Å². The van der Waals surface area contributed by atoms with Gasteiger partial charge >= 0.3 is 0 Å². The minimum Gasteiger partial charge on any atom is -0.497 e. The largest absolute Gasteiger partial charge is 0.497 e. The zero-order valence-electron chi connectivity index (χ0n) is 17.9. The standard InChI is InChI=1S/C25H28N2O3/c1-17-22-14-23(26-15-19(22)8-11-24(17)30-3)20-5-4-12-27(16-20)25(28)13-18-6-9-21(29-2)10-7-18/h6-11,14-15,20H,4-5,12-13,16H2,1-3H3/t20-/m0/s1. The summed E-state index contributed by atoms with van der Waals surface area (Å²) in [5.41, 5.74) is 3.19. The number of amides is 1. The van der Waals surface area contributed by atoms with E-state index in [1.165, 1.54) is 5.39 Å². The van der Waals surface area contributed by atoms with E-state index in [4.69, 9.17) is 14.5 Å². The van der Waals surface area contributed by atoms with Crippen LogP contribution >= 0.6 is 0 Å². The number of hydrogen-bond donors (Lipinski definition) is 0. The molecule has 0 aliphatic carbocycles. The summed E-state index contributed by atoms with van der Waals surface area (Å²) in [6.07, 6.45) is 4.40. The van der Waals surface area contributed by atoms with Crippen molar-refractivity contribution in [2.75, 3.05) is 27.3 Å². The number of aromatic nitrogens is 1. The molecule has 1 fully saturated rings. The number of hydrogen-bond acceptors (Lipinski definition) is 4. The number of pyridine rings is 1. The third-order valence-electron chi connectivity index (χ3n) is 6.07. The van der Waals surface area contributed by atoms with Gasteiger partial charge in [-0.25, -0.2) is 0 Å². The summed E-state index contributed by atoms with van der Waals surface area (Å²) >= 11 is 0. The Labute approximate surface area is 177 Å². The van der Waals surface area contributed by atoms with Crippen molar-refractivity contribution in [3.8, 4) is 11.5 Å². The van der Waals surface area contributed by atoms with Crippen LogP contribution in [0.25, 0.3) is 10.8 Å². The van der Waals surface area contributed by atoms with Gasteiger partial charge in [0.05, 0.1) is 20.6 Å². The van der Waals surface area contributed by atoms with E-state index in [9.17, 15) is 4.79 Å². The summed E-state index contributed by atoms with van der Waals surface area (Å²) in [7, 11) is 3.34. The van der Waals surface area contributed by atoms with Crippen molar-refractivity contribution in [2.45, 2.75) is 32.1 Å². The molecular weight excluding hydrogens is 376 g/mol. The quantitative estimate of drug-likeness (QED) is 0.628. The van der Waals surface area contributed by atoms with Crippen LogP contribution in [0.3, 0.4) is 0 Å². The number of likely N-dealkylation sites (tertiary alicyclic amines) is 1. The molecule has 1 aliphatic heterocycles. The van der Waals surface area contributed by atoms with Crippen LogP contribution in [0.1, 0.15) is 35.6 Å². The summed E-state index contributed by atoms with van der Waals surface area (Å²) in [4.78, 5) is 19.6. The van der Waals surface area contributed by atoms with Gasteiger partial charge in [0.15, 0.2) is 0 Å². The van der Waals surface area contributed by atoms with Crippen LogP contribution in [0.2, 0.25) is 0 Å². The normalized spacial score (nSPS) is 16.5. The highest BCUT2D eigenvalue weighted by atomic mass is 16.5. The maximum Gasteiger partial charge on any atom is 0.227 e. The van der Waals surface area contributed by atoms with Gasteiger partial charge in [0, 0.05) is 36.3 Å². The van der Waals surface area contributed by atoms with E-state index in [0.29, 0.717) is 6.42 Å². The van der Waals surface area contributed by atoms with E-state index < -0.39 is 0 Å². The second kappa shape index (κ2) is 8.74. The maximum atomic E-state index is 12.9. The van der Waals surface area contributed by atoms with Gasteiger partial charge in [-0.1, -0.05) is 12.1 Å². The highest BCUT2D eigenvalue weighted by Crippen LogP contribution is 2.31. The molecule has 0 radical (unpaired) electrons. The smallest absolute Gasteiger partial charge is 0.227 e. The zero-order chi connectivity index (χ0) is 21.1. The first-order chi connectivity index (χ1) is 14.6. The first-order valence-electron chi connectivity index (χ1n) is 10.4. The van der Waals surface area contributed by atoms with Crippen molar-refractivity contribution in [1.29, 1.82) is 0 Å². The minimum absolute atomic E-state index is 0.170. The molecule has 1 aliphatic rings. The highest BCUT2D eigenvalue weighted by Gasteiger charge is 2.26. The first kappa shape index (κ1) is 20.2. The predicted octanol–water partition coefficient (Wildman–Crippen LogP) is 4.51. The Morgan fingerprint density at radius 2 is 1.93 bits per heavy atom. The molecule has 1 saturated heterocycles. The van der Waals surface area contributed by atoms with E-state index >= 15 is 0 Å². The van der Waals surface area contributed by atoms with Gasteiger partial charge in [0.1, 0.15) is 11.5 Å². The van der Waals surface area contributed by atoms with E-state index in [0.717, 1.165) is 59.6 Å². The number of carbonyl (C=O) groups excluding carboxylic acids is 1. The molecule has 0 unspecified atom stereocenters. The SMILES string of the molecule is COc1ccc(CC(=O)N2CCC[C@H](c3cc4c(C)c(OC)ccc4cn3)C2)cc1. The molecule has 1 amide bonds. The monoisotopic (exact) mass is 404 g/mol. The fourth-order valence-electron chi connectivity index (χ4n) is 4.28. The van der Waals surface area contributed by atoms with Gasteiger partial charge in [-0.15, -0.1) is 0 Å². The first-order valence-corrected chi connectivity index (χ1v) is 10.4. The Morgan fingerprint density at radius 3 is 2.67 bits per heavy atom. The van der Waals surface area contributed by atoms with Crippen LogP contribution in [0.5, 0.6) is 11.5 Å². The number of piperidine rings is 1. The molecule has 2 aromatic carbocycles. The van der Waals surface area contributed by atoms with E-state index in [-0.39, 0.29) is 11.8 Å². The Balaban J connectivity index is 1.50. The molecule has 0 spiro atoms. The zero-order valence-corrected chi connectivity index (χ0v) is 17.9. The van der Waals surface area contributed by atoms with E-state index in [1.54, 1.807) is 14.2 Å². The molecule has 3 aromatic rings. The van der Waals surface area contributed by atoms with Crippen molar-refractivity contribution in [2.24, 2.45) is 0 Å². The molecule has 0 saturated carbocycles. The van der Waals surface area contributed by atoms with E-state index in [1.807, 2.05) is 47.5 Å². The summed E-state index contributed by atoms with van der Waals surface area (Å²) in [6.45, 7) is 3.61. The minimum atomic E-state index is 0.170. The molecule has 30 heavy (non-hydrogen) atoms. The number of fused-ring (bicyclic) bond motifs is 1. The summed E-state index contributed by atoms with van der Waals surface area (Å²) in [6, 6.07) is 13.9. The van der Waals surface area contributed by atoms with Crippen molar-refractivity contribution in [1.82, 2.24) is 9.88 Å². The van der Waals surface area contributed by atoms with E-state index in [2.05, 4.69) is 13.0 Å². The van der Waals surface area contributed by atoms with Crippen molar-refractivity contribution < 1.29 is 14.3 Å². The molecule has 5 heteroatoms. The summed E-state index contributed by atoms with van der Waals surface area (Å²) < 4.78 is 10.7. The third-order valence-corrected chi connectivity index (χ3v) is 6.07. The molecule has 5 nitrogen and oxygen atoms in total. The molecule has 0 bridgehead atoms. The lowest BCUT2D eigenvalue weighted by Gasteiger charge is -2.32. The highest BCUT2D eigenvalue weighted by molar-refractivity contribution is 5.87. The Kier molecular flexibility index (Phi) is 5.88. The maximum absolute atomic E-state index is 12.9. The van der Waals surface area contributed by atoms with Crippen molar-refractivity contribution in [3.63, 3.8) is 0 Å². The van der Waals surface area contributed by atoms with Crippen LogP contribution < -0.4 is 9.47 Å².